The van der Waals surface area contributed by atoms with Crippen molar-refractivity contribution in [2.24, 2.45) is 4.99 Å². The molecule has 1 aromatic carbocycles. The largest absolute Gasteiger partial charge is 0.401 e. The van der Waals surface area contributed by atoms with Crippen molar-refractivity contribution in [2.75, 3.05) is 4.90 Å². The molecule has 0 saturated heterocycles. The molecule has 2 aliphatic heterocycles. The third-order valence-corrected chi connectivity index (χ3v) is 10.3. The van der Waals surface area contributed by atoms with Crippen LogP contribution in [0.4, 0.5) is 5.69 Å². The molecular weight excluding hydrogens is 304 g/mol. The van der Waals surface area contributed by atoms with Gasteiger partial charge in [0.2, 0.25) is 0 Å². The molecule has 2 aliphatic rings. The number of benzene rings is 1. The second-order valence-corrected chi connectivity index (χ2v) is 11.4. The fraction of sp³-hybridized carbons (Fsp3) is 0.556. The molecule has 0 saturated carbocycles. The molecule has 2 heterocycles. The molecule has 1 aromatic rings. The quantitative estimate of drug-likeness (QED) is 0.764. The van der Waals surface area contributed by atoms with E-state index in [4.69, 9.17) is 4.43 Å². The van der Waals surface area contributed by atoms with Crippen molar-refractivity contribution >= 4 is 25.7 Å². The third kappa shape index (κ3) is 2.21. The van der Waals surface area contributed by atoms with E-state index in [0.29, 0.717) is 0 Å². The van der Waals surface area contributed by atoms with E-state index >= 15 is 0 Å². The number of aliphatic imine (C=N–C) groups is 1. The van der Waals surface area contributed by atoms with E-state index in [1.165, 1.54) is 0 Å². The van der Waals surface area contributed by atoms with Crippen molar-refractivity contribution in [1.82, 2.24) is 0 Å². The lowest BCUT2D eigenvalue weighted by molar-refractivity contribution is -0.117. The molecular formula is C18H26N2O2Si. The number of amidine groups is 1. The zero-order valence-corrected chi connectivity index (χ0v) is 15.7. The van der Waals surface area contributed by atoms with Gasteiger partial charge in [0.15, 0.2) is 8.32 Å². The van der Waals surface area contributed by atoms with Gasteiger partial charge in [-0.2, -0.15) is 0 Å². The van der Waals surface area contributed by atoms with Crippen LogP contribution in [0.15, 0.2) is 29.3 Å². The topological polar surface area (TPSA) is 41.9 Å². The van der Waals surface area contributed by atoms with E-state index in [-0.39, 0.29) is 11.9 Å². The average Bonchev–Trinajstić information content (AvgIpc) is 3.00. The maximum absolute atomic E-state index is 12.6. The second kappa shape index (κ2) is 5.56. The van der Waals surface area contributed by atoms with Crippen LogP contribution in [0.25, 0.3) is 0 Å². The van der Waals surface area contributed by atoms with Gasteiger partial charge in [0.05, 0.1) is 5.69 Å². The molecule has 0 aliphatic carbocycles. The summed E-state index contributed by atoms with van der Waals surface area (Å²) >= 11 is 0. The van der Waals surface area contributed by atoms with Crippen molar-refractivity contribution < 1.29 is 9.22 Å². The molecule has 4 nitrogen and oxygen atoms in total. The lowest BCUT2D eigenvalue weighted by Crippen LogP contribution is -2.49. The maximum atomic E-state index is 12.6. The predicted octanol–water partition coefficient (Wildman–Crippen LogP) is 4.07. The first kappa shape index (κ1) is 16.4. The van der Waals surface area contributed by atoms with Gasteiger partial charge >= 0.3 is 0 Å². The minimum Gasteiger partial charge on any atom is -0.401 e. The summed E-state index contributed by atoms with van der Waals surface area (Å²) in [4.78, 5) is 19.0. The number of fused-ring (bicyclic) bond motifs is 3. The number of carbonyl (C=O) groups excluding carboxylic acids is 1. The second-order valence-electron chi connectivity index (χ2n) is 6.70. The zero-order valence-electron chi connectivity index (χ0n) is 14.7. The molecule has 0 N–H and O–H groups in total. The molecule has 124 valence electrons. The highest BCUT2D eigenvalue weighted by Crippen LogP contribution is 2.48. The summed E-state index contributed by atoms with van der Waals surface area (Å²) < 4.78 is 6.89. The molecule has 0 radical (unpaired) electrons. The molecule has 0 unspecified atom stereocenters. The van der Waals surface area contributed by atoms with Gasteiger partial charge in [0, 0.05) is 5.56 Å². The van der Waals surface area contributed by atoms with E-state index in [0.717, 1.165) is 35.2 Å². The number of hydrogen-bond acceptors (Lipinski definition) is 3. The van der Waals surface area contributed by atoms with Crippen LogP contribution in [0.3, 0.4) is 0 Å². The standard InChI is InChI=1S/C18H26N2O2Si/c1-6-23(7-2,8-3)22-18(5)14-11-9-10-12-15(14)20-16(21)13(4)19-17(18)20/h9-13H,6-8H2,1-5H3/t13-,18-/m0/s1. The van der Waals surface area contributed by atoms with Crippen molar-refractivity contribution in [2.45, 2.75) is 64.4 Å². The average molecular weight is 331 g/mol. The Morgan fingerprint density at radius 2 is 1.83 bits per heavy atom. The van der Waals surface area contributed by atoms with Gasteiger partial charge in [-0.15, -0.1) is 0 Å². The van der Waals surface area contributed by atoms with Crippen LogP contribution in [0.5, 0.6) is 0 Å². The lowest BCUT2D eigenvalue weighted by atomic mass is 9.97. The zero-order chi connectivity index (χ0) is 16.8. The van der Waals surface area contributed by atoms with Crippen molar-refractivity contribution in [3.63, 3.8) is 0 Å². The summed E-state index contributed by atoms with van der Waals surface area (Å²) in [6.07, 6.45) is 0. The SMILES string of the molecule is CC[Si](CC)(CC)O[C@]1(C)C2=N[C@@H](C)C(=O)N2c2ccccc21. The Labute approximate surface area is 139 Å². The number of nitrogens with zero attached hydrogens (tertiary/aromatic N) is 2. The smallest absolute Gasteiger partial charge is 0.257 e. The van der Waals surface area contributed by atoms with Crippen molar-refractivity contribution in [3.8, 4) is 0 Å². The molecule has 0 aromatic heterocycles. The molecule has 3 rings (SSSR count). The monoisotopic (exact) mass is 330 g/mol. The molecule has 1 amide bonds. The Kier molecular flexibility index (Phi) is 3.97. The first-order chi connectivity index (χ1) is 10.9. The molecule has 0 fully saturated rings. The summed E-state index contributed by atoms with van der Waals surface area (Å²) in [5, 5.41) is 0. The Bertz CT molecular complexity index is 660. The van der Waals surface area contributed by atoms with E-state index < -0.39 is 13.9 Å². The van der Waals surface area contributed by atoms with E-state index in [9.17, 15) is 4.79 Å². The van der Waals surface area contributed by atoms with Crippen LogP contribution < -0.4 is 4.90 Å². The molecule has 2 atom stereocenters. The number of amides is 1. The minimum absolute atomic E-state index is 0.0523. The van der Waals surface area contributed by atoms with Crippen molar-refractivity contribution in [3.05, 3.63) is 29.8 Å². The first-order valence-corrected chi connectivity index (χ1v) is 11.2. The van der Waals surface area contributed by atoms with Crippen LogP contribution in [0.1, 0.15) is 40.2 Å². The highest BCUT2D eigenvalue weighted by atomic mass is 28.4. The van der Waals surface area contributed by atoms with Crippen LogP contribution in [0.2, 0.25) is 18.1 Å². The number of para-hydroxylation sites is 1. The fourth-order valence-electron chi connectivity index (χ4n) is 3.85. The van der Waals surface area contributed by atoms with E-state index in [2.05, 4.69) is 38.8 Å². The normalized spacial score (nSPS) is 26.3. The summed E-state index contributed by atoms with van der Waals surface area (Å²) in [6, 6.07) is 11.0. The minimum atomic E-state index is -1.85. The van der Waals surface area contributed by atoms with Crippen LogP contribution in [-0.2, 0) is 14.8 Å². The van der Waals surface area contributed by atoms with Crippen LogP contribution >= 0.6 is 0 Å². The Morgan fingerprint density at radius 3 is 2.43 bits per heavy atom. The van der Waals surface area contributed by atoms with E-state index in [1.807, 2.05) is 25.1 Å². The summed E-state index contributed by atoms with van der Waals surface area (Å²) in [7, 11) is -1.85. The van der Waals surface area contributed by atoms with E-state index in [1.54, 1.807) is 4.90 Å². The molecule has 23 heavy (non-hydrogen) atoms. The number of anilines is 1. The van der Waals surface area contributed by atoms with Gasteiger partial charge in [0.25, 0.3) is 5.91 Å². The number of carbonyl (C=O) groups is 1. The van der Waals surface area contributed by atoms with Gasteiger partial charge in [-0.25, -0.2) is 0 Å². The summed E-state index contributed by atoms with van der Waals surface area (Å²) in [5.74, 6) is 0.833. The van der Waals surface area contributed by atoms with Gasteiger partial charge in [-0.05, 0) is 38.0 Å². The molecule has 5 heteroatoms. The Balaban J connectivity index is 2.14. The highest BCUT2D eigenvalue weighted by molar-refractivity contribution is 6.73. The maximum Gasteiger partial charge on any atom is 0.257 e. The van der Waals surface area contributed by atoms with Gasteiger partial charge in [-0.1, -0.05) is 39.0 Å². The predicted molar refractivity (Wildman–Crippen MR) is 96.5 cm³/mol. The Morgan fingerprint density at radius 1 is 1.22 bits per heavy atom. The van der Waals surface area contributed by atoms with Crippen molar-refractivity contribution in [1.29, 1.82) is 0 Å². The van der Waals surface area contributed by atoms with Crippen LogP contribution in [-0.4, -0.2) is 26.1 Å². The third-order valence-electron chi connectivity index (χ3n) is 5.54. The first-order valence-electron chi connectivity index (χ1n) is 8.64. The summed E-state index contributed by atoms with van der Waals surface area (Å²) in [5.41, 5.74) is 1.41. The van der Waals surface area contributed by atoms with Gasteiger partial charge in [0.1, 0.15) is 17.5 Å². The lowest BCUT2D eigenvalue weighted by Gasteiger charge is -2.38. The number of rotatable bonds is 5. The molecule has 0 bridgehead atoms. The Hall–Kier alpha value is -1.46. The summed E-state index contributed by atoms with van der Waals surface area (Å²) in [6.45, 7) is 10.6. The molecule has 0 spiro atoms. The fourth-order valence-corrected chi connectivity index (χ4v) is 6.85. The van der Waals surface area contributed by atoms with Gasteiger partial charge < -0.3 is 4.43 Å². The van der Waals surface area contributed by atoms with Crippen LogP contribution in [0, 0.1) is 0 Å². The highest BCUT2D eigenvalue weighted by Gasteiger charge is 2.55. The van der Waals surface area contributed by atoms with Gasteiger partial charge in [-0.3, -0.25) is 14.7 Å². The number of hydrogen-bond donors (Lipinski definition) is 0.